The first-order valence-corrected chi connectivity index (χ1v) is 12.7. The fourth-order valence-electron chi connectivity index (χ4n) is 4.50. The third kappa shape index (κ3) is 5.90. The third-order valence-corrected chi connectivity index (χ3v) is 6.69. The van der Waals surface area contributed by atoms with E-state index in [9.17, 15) is 4.79 Å². The Morgan fingerprint density at radius 3 is 2.57 bits per heavy atom. The maximum Gasteiger partial charge on any atom is 0.274 e. The number of carbonyl (C=O) groups excluding carboxylic acids is 1. The van der Waals surface area contributed by atoms with Gasteiger partial charge in [-0.3, -0.25) is 4.79 Å². The minimum absolute atomic E-state index is 0.00938. The molecule has 0 saturated heterocycles. The highest BCUT2D eigenvalue weighted by atomic mass is 16.5. The Kier molecular flexibility index (Phi) is 7.35. The topological polar surface area (TPSA) is 94.2 Å². The van der Waals surface area contributed by atoms with E-state index in [1.54, 1.807) is 17.9 Å². The van der Waals surface area contributed by atoms with Gasteiger partial charge < -0.3 is 21.1 Å². The van der Waals surface area contributed by atoms with Gasteiger partial charge in [0.25, 0.3) is 5.91 Å². The zero-order valence-electron chi connectivity index (χ0n) is 21.3. The number of amides is 1. The number of nitrogens with two attached hydrogens (primary N) is 1. The minimum Gasteiger partial charge on any atom is -0.497 e. The van der Waals surface area contributed by atoms with Crippen molar-refractivity contribution in [3.8, 4) is 11.4 Å². The van der Waals surface area contributed by atoms with Crippen LogP contribution in [0.3, 0.4) is 0 Å². The van der Waals surface area contributed by atoms with Crippen LogP contribution in [0.4, 0.5) is 5.69 Å². The van der Waals surface area contributed by atoms with Gasteiger partial charge in [0.2, 0.25) is 0 Å². The number of hydrogen-bond acceptors (Lipinski definition) is 5. The van der Waals surface area contributed by atoms with Crippen molar-refractivity contribution >= 4 is 11.6 Å². The number of aryl methyl sites for hydroxylation is 1. The van der Waals surface area contributed by atoms with Crippen LogP contribution in [0, 0.1) is 12.8 Å². The summed E-state index contributed by atoms with van der Waals surface area (Å²) < 4.78 is 7.01. The fourth-order valence-corrected chi connectivity index (χ4v) is 4.50. The van der Waals surface area contributed by atoms with Crippen LogP contribution in [0.1, 0.15) is 51.8 Å². The van der Waals surface area contributed by atoms with E-state index in [1.807, 2.05) is 61.5 Å². The summed E-state index contributed by atoms with van der Waals surface area (Å²) in [4.78, 5) is 13.4. The van der Waals surface area contributed by atoms with E-state index in [2.05, 4.69) is 33.9 Å². The average molecular weight is 496 g/mol. The smallest absolute Gasteiger partial charge is 0.274 e. The lowest BCUT2D eigenvalue weighted by Gasteiger charge is -2.21. The standard InChI is InChI=1S/C30H33N5O2/c1-20-15-28(35(34-20)26-8-3-5-22(16-26)18-31)30(36)33-25-7-4-6-24(17-25)29(32-19-21-9-10-21)23-11-13-27(37-2)14-12-23/h3-8,11-17,21,29,32H,9-10,18-19,31H2,1-2H3,(H,33,36). The number of nitrogens with one attached hydrogen (secondary N) is 2. The van der Waals surface area contributed by atoms with Crippen molar-refractivity contribution in [1.82, 2.24) is 15.1 Å². The highest BCUT2D eigenvalue weighted by molar-refractivity contribution is 6.03. The quantitative estimate of drug-likeness (QED) is 0.288. The van der Waals surface area contributed by atoms with E-state index in [-0.39, 0.29) is 11.9 Å². The van der Waals surface area contributed by atoms with Crippen molar-refractivity contribution in [2.24, 2.45) is 11.7 Å². The Labute approximate surface area is 217 Å². The number of nitrogens with zero attached hydrogens (tertiary/aromatic N) is 2. The van der Waals surface area contributed by atoms with Gasteiger partial charge in [-0.05, 0) is 91.4 Å². The zero-order chi connectivity index (χ0) is 25.8. The molecule has 4 N–H and O–H groups in total. The largest absolute Gasteiger partial charge is 0.497 e. The van der Waals surface area contributed by atoms with Gasteiger partial charge in [0.1, 0.15) is 11.4 Å². The summed E-state index contributed by atoms with van der Waals surface area (Å²) >= 11 is 0. The number of aromatic nitrogens is 2. The predicted octanol–water partition coefficient (Wildman–Crippen LogP) is 4.99. The number of anilines is 1. The molecule has 4 aromatic rings. The second kappa shape index (κ2) is 11.0. The number of benzene rings is 3. The van der Waals surface area contributed by atoms with Gasteiger partial charge in [0, 0.05) is 12.2 Å². The Morgan fingerprint density at radius 1 is 1.05 bits per heavy atom. The van der Waals surface area contributed by atoms with Crippen LogP contribution >= 0.6 is 0 Å². The molecular weight excluding hydrogens is 462 g/mol. The Hall–Kier alpha value is -3.94. The molecule has 1 saturated carbocycles. The summed E-state index contributed by atoms with van der Waals surface area (Å²) in [6.45, 7) is 3.27. The predicted molar refractivity (Wildman–Crippen MR) is 146 cm³/mol. The number of hydrogen-bond donors (Lipinski definition) is 3. The van der Waals surface area contributed by atoms with Gasteiger partial charge in [-0.2, -0.15) is 5.10 Å². The van der Waals surface area contributed by atoms with E-state index in [0.29, 0.717) is 12.2 Å². The second-order valence-electron chi connectivity index (χ2n) is 9.59. The normalized spacial score (nSPS) is 13.8. The molecule has 7 nitrogen and oxygen atoms in total. The minimum atomic E-state index is -0.220. The Morgan fingerprint density at radius 2 is 1.84 bits per heavy atom. The van der Waals surface area contributed by atoms with Crippen LogP contribution in [0.15, 0.2) is 78.9 Å². The maximum atomic E-state index is 13.4. The first kappa shape index (κ1) is 24.7. The van der Waals surface area contributed by atoms with Crippen LogP contribution in [0.5, 0.6) is 5.75 Å². The van der Waals surface area contributed by atoms with Crippen molar-refractivity contribution < 1.29 is 9.53 Å². The Bertz CT molecular complexity index is 1370. The van der Waals surface area contributed by atoms with Crippen molar-refractivity contribution in [3.05, 3.63) is 107 Å². The molecule has 1 aliphatic carbocycles. The van der Waals surface area contributed by atoms with Gasteiger partial charge in [0.05, 0.1) is 24.5 Å². The van der Waals surface area contributed by atoms with Crippen molar-refractivity contribution in [2.75, 3.05) is 19.0 Å². The molecule has 1 unspecified atom stereocenters. The molecule has 37 heavy (non-hydrogen) atoms. The zero-order valence-corrected chi connectivity index (χ0v) is 21.3. The Balaban J connectivity index is 1.40. The van der Waals surface area contributed by atoms with Gasteiger partial charge in [-0.15, -0.1) is 0 Å². The lowest BCUT2D eigenvalue weighted by molar-refractivity contribution is 0.101. The van der Waals surface area contributed by atoms with Gasteiger partial charge in [-0.1, -0.05) is 36.4 Å². The van der Waals surface area contributed by atoms with Gasteiger partial charge >= 0.3 is 0 Å². The molecule has 3 aromatic carbocycles. The summed E-state index contributed by atoms with van der Waals surface area (Å²) in [5.74, 6) is 1.35. The molecule has 0 radical (unpaired) electrons. The number of ether oxygens (including phenoxy) is 1. The molecule has 190 valence electrons. The molecule has 7 heteroatoms. The van der Waals surface area contributed by atoms with Crippen LogP contribution < -0.4 is 21.1 Å². The second-order valence-corrected chi connectivity index (χ2v) is 9.59. The number of carbonyl (C=O) groups is 1. The summed E-state index contributed by atoms with van der Waals surface area (Å²) in [5.41, 5.74) is 11.8. The maximum absolute atomic E-state index is 13.4. The van der Waals surface area contributed by atoms with Crippen molar-refractivity contribution in [2.45, 2.75) is 32.4 Å². The molecule has 0 aliphatic heterocycles. The van der Waals surface area contributed by atoms with E-state index < -0.39 is 0 Å². The summed E-state index contributed by atoms with van der Waals surface area (Å²) in [7, 11) is 1.67. The molecule has 1 amide bonds. The van der Waals surface area contributed by atoms with E-state index in [0.717, 1.165) is 52.0 Å². The summed E-state index contributed by atoms with van der Waals surface area (Å²) in [5, 5.41) is 11.4. The van der Waals surface area contributed by atoms with Gasteiger partial charge in [0.15, 0.2) is 0 Å². The van der Waals surface area contributed by atoms with Crippen molar-refractivity contribution in [3.63, 3.8) is 0 Å². The number of rotatable bonds is 10. The molecule has 0 spiro atoms. The highest BCUT2D eigenvalue weighted by Gasteiger charge is 2.24. The molecule has 5 rings (SSSR count). The van der Waals surface area contributed by atoms with Crippen LogP contribution in [-0.2, 0) is 6.54 Å². The SMILES string of the molecule is COc1ccc(C(NCC2CC2)c2cccc(NC(=O)c3cc(C)nn3-c3cccc(CN)c3)c2)cc1. The van der Waals surface area contributed by atoms with Crippen LogP contribution in [-0.4, -0.2) is 29.3 Å². The average Bonchev–Trinajstić information content (AvgIpc) is 3.67. The number of methoxy groups -OCH3 is 1. The highest BCUT2D eigenvalue weighted by Crippen LogP contribution is 2.31. The lowest BCUT2D eigenvalue weighted by Crippen LogP contribution is -2.25. The molecule has 1 heterocycles. The van der Waals surface area contributed by atoms with Crippen LogP contribution in [0.25, 0.3) is 5.69 Å². The van der Waals surface area contributed by atoms with E-state index >= 15 is 0 Å². The van der Waals surface area contributed by atoms with E-state index in [4.69, 9.17) is 10.5 Å². The monoisotopic (exact) mass is 495 g/mol. The first-order chi connectivity index (χ1) is 18.0. The molecule has 1 fully saturated rings. The van der Waals surface area contributed by atoms with Crippen LogP contribution in [0.2, 0.25) is 0 Å². The lowest BCUT2D eigenvalue weighted by atomic mass is 9.97. The van der Waals surface area contributed by atoms with Gasteiger partial charge in [-0.25, -0.2) is 4.68 Å². The fraction of sp³-hybridized carbons (Fsp3) is 0.267. The third-order valence-electron chi connectivity index (χ3n) is 6.69. The first-order valence-electron chi connectivity index (χ1n) is 12.7. The molecule has 0 bridgehead atoms. The molecule has 1 aromatic heterocycles. The summed E-state index contributed by atoms with van der Waals surface area (Å²) in [6.07, 6.45) is 2.55. The van der Waals surface area contributed by atoms with Crippen molar-refractivity contribution in [1.29, 1.82) is 0 Å². The summed E-state index contributed by atoms with van der Waals surface area (Å²) in [6, 6.07) is 25.7. The molecule has 1 aliphatic rings. The van der Waals surface area contributed by atoms with E-state index in [1.165, 1.54) is 12.8 Å². The molecule has 1 atom stereocenters. The molecular formula is C30H33N5O2.